The number of hydrogen-bond acceptors (Lipinski definition) is 5. The molecule has 0 aliphatic carbocycles. The largest absolute Gasteiger partial charge is 0.367 e. The van der Waals surface area contributed by atoms with Crippen molar-refractivity contribution in [2.24, 2.45) is 0 Å². The van der Waals surface area contributed by atoms with Crippen LogP contribution in [0.3, 0.4) is 0 Å². The average Bonchev–Trinajstić information content (AvgIpc) is 3.20. The lowest BCUT2D eigenvalue weighted by Gasteiger charge is -2.19. The fourth-order valence-corrected chi connectivity index (χ4v) is 2.54. The number of rotatable bonds is 6. The van der Waals surface area contributed by atoms with Gasteiger partial charge in [-0.1, -0.05) is 32.9 Å². The molecule has 0 radical (unpaired) electrons. The predicted molar refractivity (Wildman–Crippen MR) is 110 cm³/mol. The molecule has 8 heteroatoms. The Morgan fingerprint density at radius 3 is 2.43 bits per heavy atom. The molecular weight excluding hydrogens is 354 g/mol. The third-order valence-electron chi connectivity index (χ3n) is 4.12. The van der Waals surface area contributed by atoms with Gasteiger partial charge in [0.1, 0.15) is 5.82 Å². The van der Waals surface area contributed by atoms with Crippen LogP contribution < -0.4 is 16.0 Å². The molecule has 146 valence electrons. The van der Waals surface area contributed by atoms with Gasteiger partial charge in [0.05, 0.1) is 0 Å². The second kappa shape index (κ2) is 8.51. The summed E-state index contributed by atoms with van der Waals surface area (Å²) >= 11 is 0. The van der Waals surface area contributed by atoms with Crippen LogP contribution in [-0.4, -0.2) is 39.1 Å². The Morgan fingerprint density at radius 1 is 1.04 bits per heavy atom. The molecule has 2 aromatic heterocycles. The van der Waals surface area contributed by atoms with Crippen LogP contribution in [0.2, 0.25) is 0 Å². The Morgan fingerprint density at radius 2 is 1.82 bits per heavy atom. The average molecular weight is 379 g/mol. The van der Waals surface area contributed by atoms with Gasteiger partial charge in [-0.2, -0.15) is 5.10 Å². The maximum absolute atomic E-state index is 12.0. The summed E-state index contributed by atoms with van der Waals surface area (Å²) in [5, 5.41) is 21.0. The van der Waals surface area contributed by atoms with E-state index in [1.807, 2.05) is 42.5 Å². The van der Waals surface area contributed by atoms with E-state index in [-0.39, 0.29) is 11.4 Å². The van der Waals surface area contributed by atoms with E-state index in [0.29, 0.717) is 24.7 Å². The zero-order valence-corrected chi connectivity index (χ0v) is 16.3. The monoisotopic (exact) mass is 379 g/mol. The van der Waals surface area contributed by atoms with Gasteiger partial charge in [-0.25, -0.2) is 9.48 Å². The van der Waals surface area contributed by atoms with Gasteiger partial charge >= 0.3 is 6.03 Å². The number of hydrogen-bond donors (Lipinski definition) is 3. The molecule has 3 rings (SSSR count). The van der Waals surface area contributed by atoms with Crippen molar-refractivity contribution in [2.45, 2.75) is 26.2 Å². The summed E-state index contributed by atoms with van der Waals surface area (Å²) in [7, 11) is 0. The molecule has 0 fully saturated rings. The lowest BCUT2D eigenvalue weighted by Crippen LogP contribution is -2.32. The summed E-state index contributed by atoms with van der Waals surface area (Å²) < 4.78 is 1.64. The van der Waals surface area contributed by atoms with Gasteiger partial charge in [0.15, 0.2) is 5.82 Å². The highest BCUT2D eigenvalue weighted by Crippen LogP contribution is 2.23. The number of nitrogens with one attached hydrogen (secondary N) is 3. The smallest absolute Gasteiger partial charge is 0.319 e. The molecule has 0 atom stereocenters. The fraction of sp³-hybridized carbons (Fsp3) is 0.300. The Hall–Kier alpha value is -3.42. The zero-order chi connectivity index (χ0) is 20.0. The van der Waals surface area contributed by atoms with Crippen molar-refractivity contribution in [3.63, 3.8) is 0 Å². The van der Waals surface area contributed by atoms with E-state index in [0.717, 1.165) is 5.69 Å². The van der Waals surface area contributed by atoms with Crippen LogP contribution in [0.5, 0.6) is 0 Å². The lowest BCUT2D eigenvalue weighted by molar-refractivity contribution is 0.252. The molecule has 0 unspecified atom stereocenters. The van der Waals surface area contributed by atoms with Crippen LogP contribution in [0.25, 0.3) is 5.82 Å². The molecule has 3 N–H and O–H groups in total. The fourth-order valence-electron chi connectivity index (χ4n) is 2.54. The SMILES string of the molecule is CC(C)(C)c1ccc(NC(=O)NCCNc2ccc(-n3cccn3)nn2)cc1. The predicted octanol–water partition coefficient (Wildman–Crippen LogP) is 3.19. The summed E-state index contributed by atoms with van der Waals surface area (Å²) in [4.78, 5) is 12.0. The second-order valence-electron chi connectivity index (χ2n) is 7.36. The second-order valence-corrected chi connectivity index (χ2v) is 7.36. The van der Waals surface area contributed by atoms with E-state index in [2.05, 4.69) is 52.0 Å². The molecule has 28 heavy (non-hydrogen) atoms. The molecule has 1 aromatic carbocycles. The number of amides is 2. The van der Waals surface area contributed by atoms with Crippen LogP contribution in [0.4, 0.5) is 16.3 Å². The highest BCUT2D eigenvalue weighted by molar-refractivity contribution is 5.89. The minimum atomic E-state index is -0.245. The van der Waals surface area contributed by atoms with Crippen LogP contribution in [0.1, 0.15) is 26.3 Å². The third kappa shape index (κ3) is 5.29. The van der Waals surface area contributed by atoms with E-state index in [9.17, 15) is 4.79 Å². The maximum Gasteiger partial charge on any atom is 0.319 e. The zero-order valence-electron chi connectivity index (χ0n) is 16.3. The van der Waals surface area contributed by atoms with Crippen molar-refractivity contribution in [1.82, 2.24) is 25.3 Å². The van der Waals surface area contributed by atoms with Crippen molar-refractivity contribution >= 4 is 17.5 Å². The molecule has 0 saturated heterocycles. The van der Waals surface area contributed by atoms with Crippen molar-refractivity contribution in [3.05, 3.63) is 60.4 Å². The molecule has 8 nitrogen and oxygen atoms in total. The number of carbonyl (C=O) groups is 1. The summed E-state index contributed by atoms with van der Waals surface area (Å²) in [6.45, 7) is 7.46. The number of anilines is 2. The van der Waals surface area contributed by atoms with Gasteiger partial charge in [0, 0.05) is 31.2 Å². The number of carbonyl (C=O) groups excluding carboxylic acids is 1. The quantitative estimate of drug-likeness (QED) is 0.572. The maximum atomic E-state index is 12.0. The molecule has 0 aliphatic rings. The van der Waals surface area contributed by atoms with Gasteiger partial charge in [-0.05, 0) is 41.3 Å². The number of urea groups is 1. The van der Waals surface area contributed by atoms with E-state index in [1.165, 1.54) is 5.56 Å². The van der Waals surface area contributed by atoms with Crippen LogP contribution in [0, 0.1) is 0 Å². The van der Waals surface area contributed by atoms with Crippen LogP contribution in [0.15, 0.2) is 54.9 Å². The molecule has 0 saturated carbocycles. The first-order chi connectivity index (χ1) is 13.4. The Balaban J connectivity index is 1.39. The van der Waals surface area contributed by atoms with Crippen LogP contribution >= 0.6 is 0 Å². The van der Waals surface area contributed by atoms with Crippen molar-refractivity contribution < 1.29 is 4.79 Å². The number of aromatic nitrogens is 4. The van der Waals surface area contributed by atoms with E-state index >= 15 is 0 Å². The summed E-state index contributed by atoms with van der Waals surface area (Å²) in [5.41, 5.74) is 2.08. The van der Waals surface area contributed by atoms with E-state index < -0.39 is 0 Å². The van der Waals surface area contributed by atoms with Crippen molar-refractivity contribution in [1.29, 1.82) is 0 Å². The highest BCUT2D eigenvalue weighted by Gasteiger charge is 2.13. The standard InChI is InChI=1S/C20H25N7O/c1-20(2,3)15-5-7-16(8-6-15)24-19(28)22-13-12-21-17-9-10-18(26-25-17)27-14-4-11-23-27/h4-11,14H,12-13H2,1-3H3,(H,21,25)(H2,22,24,28). The summed E-state index contributed by atoms with van der Waals surface area (Å²) in [6.07, 6.45) is 3.49. The summed E-state index contributed by atoms with van der Waals surface area (Å²) in [6, 6.07) is 13.1. The molecule has 3 aromatic rings. The summed E-state index contributed by atoms with van der Waals surface area (Å²) in [5.74, 6) is 1.28. The molecule has 2 heterocycles. The molecular formula is C20H25N7O. The lowest BCUT2D eigenvalue weighted by atomic mass is 9.87. The van der Waals surface area contributed by atoms with Gasteiger partial charge < -0.3 is 16.0 Å². The van der Waals surface area contributed by atoms with E-state index in [1.54, 1.807) is 17.1 Å². The van der Waals surface area contributed by atoms with Crippen molar-refractivity contribution in [2.75, 3.05) is 23.7 Å². The number of nitrogens with zero attached hydrogens (tertiary/aromatic N) is 4. The van der Waals surface area contributed by atoms with E-state index in [4.69, 9.17) is 0 Å². The first-order valence-electron chi connectivity index (χ1n) is 9.15. The highest BCUT2D eigenvalue weighted by atomic mass is 16.2. The Kier molecular flexibility index (Phi) is 5.88. The van der Waals surface area contributed by atoms with Gasteiger partial charge in [-0.3, -0.25) is 0 Å². The third-order valence-corrected chi connectivity index (χ3v) is 4.12. The molecule has 2 amide bonds. The minimum Gasteiger partial charge on any atom is -0.367 e. The topological polar surface area (TPSA) is 96.8 Å². The normalized spacial score (nSPS) is 11.1. The Labute approximate surface area is 164 Å². The first kappa shape index (κ1) is 19.3. The first-order valence-corrected chi connectivity index (χ1v) is 9.15. The van der Waals surface area contributed by atoms with Gasteiger partial charge in [-0.15, -0.1) is 10.2 Å². The van der Waals surface area contributed by atoms with Gasteiger partial charge in [0.2, 0.25) is 0 Å². The molecule has 0 spiro atoms. The minimum absolute atomic E-state index is 0.0892. The Bertz CT molecular complexity index is 882. The number of benzene rings is 1. The van der Waals surface area contributed by atoms with Gasteiger partial charge in [0.25, 0.3) is 0 Å². The molecule has 0 aliphatic heterocycles. The molecule has 0 bridgehead atoms. The van der Waals surface area contributed by atoms with Crippen LogP contribution in [-0.2, 0) is 5.41 Å². The van der Waals surface area contributed by atoms with Crippen molar-refractivity contribution in [3.8, 4) is 5.82 Å².